The number of alkyl halides is 1. The Morgan fingerprint density at radius 1 is 1.53 bits per heavy atom. The number of aryl methyl sites for hydroxylation is 1. The second kappa shape index (κ2) is 5.66. The fraction of sp³-hybridized carbons (Fsp3) is 0.364. The van der Waals surface area contributed by atoms with Gasteiger partial charge >= 0.3 is 0 Å². The van der Waals surface area contributed by atoms with Crippen LogP contribution in [0.5, 0.6) is 0 Å². The fourth-order valence-corrected chi connectivity index (χ4v) is 1.59. The monoisotopic (exact) mass is 333 g/mol. The molecule has 1 rings (SSSR count). The molecule has 82 valence electrons. The summed E-state index contributed by atoms with van der Waals surface area (Å²) in [5, 5.41) is 2.87. The molecule has 1 atom stereocenters. The van der Waals surface area contributed by atoms with Gasteiger partial charge in [0.15, 0.2) is 0 Å². The Morgan fingerprint density at radius 2 is 2.20 bits per heavy atom. The number of anilines is 1. The van der Waals surface area contributed by atoms with Crippen molar-refractivity contribution in [3.63, 3.8) is 0 Å². The number of amides is 1. The highest BCUT2D eigenvalue weighted by molar-refractivity contribution is 9.10. The minimum absolute atomic E-state index is 0.0104. The van der Waals surface area contributed by atoms with Crippen molar-refractivity contribution in [1.82, 2.24) is 0 Å². The maximum atomic E-state index is 11.6. The van der Waals surface area contributed by atoms with E-state index >= 15 is 0 Å². The smallest absolute Gasteiger partial charge is 0.238 e. The Morgan fingerprint density at radius 3 is 2.80 bits per heavy atom. The lowest BCUT2D eigenvalue weighted by Gasteiger charge is -2.10. The van der Waals surface area contributed by atoms with Crippen LogP contribution in [-0.2, 0) is 4.79 Å². The summed E-state index contributed by atoms with van der Waals surface area (Å²) in [6.45, 7) is 3.96. The average Bonchev–Trinajstić information content (AvgIpc) is 2.22. The van der Waals surface area contributed by atoms with Crippen LogP contribution >= 0.6 is 31.9 Å². The SMILES string of the molecule is CCC(Br)C(=O)Nc1cc(C)ccc1Br. The molecule has 0 heterocycles. The Bertz CT molecular complexity index is 366. The van der Waals surface area contributed by atoms with Crippen molar-refractivity contribution in [3.05, 3.63) is 28.2 Å². The van der Waals surface area contributed by atoms with Crippen LogP contribution in [0.3, 0.4) is 0 Å². The van der Waals surface area contributed by atoms with Crippen LogP contribution < -0.4 is 5.32 Å². The quantitative estimate of drug-likeness (QED) is 0.835. The molecule has 1 unspecified atom stereocenters. The van der Waals surface area contributed by atoms with E-state index in [-0.39, 0.29) is 10.7 Å². The standard InChI is InChI=1S/C11H13Br2NO/c1-3-8(12)11(15)14-10-6-7(2)4-5-9(10)13/h4-6,8H,3H2,1-2H3,(H,14,15). The maximum Gasteiger partial charge on any atom is 0.238 e. The summed E-state index contributed by atoms with van der Waals surface area (Å²) in [5.74, 6) is -0.0104. The van der Waals surface area contributed by atoms with Gasteiger partial charge in [0.25, 0.3) is 0 Å². The first-order valence-electron chi connectivity index (χ1n) is 4.75. The number of benzene rings is 1. The van der Waals surface area contributed by atoms with E-state index in [0.717, 1.165) is 22.1 Å². The summed E-state index contributed by atoms with van der Waals surface area (Å²) in [5.41, 5.74) is 1.94. The van der Waals surface area contributed by atoms with E-state index in [1.165, 1.54) is 0 Å². The minimum Gasteiger partial charge on any atom is -0.324 e. The van der Waals surface area contributed by atoms with Crippen molar-refractivity contribution < 1.29 is 4.79 Å². The average molecular weight is 335 g/mol. The number of halogens is 2. The summed E-state index contributed by atoms with van der Waals surface area (Å²) in [4.78, 5) is 11.5. The molecule has 0 radical (unpaired) electrons. The summed E-state index contributed by atoms with van der Waals surface area (Å²) in [7, 11) is 0. The molecule has 0 aromatic heterocycles. The van der Waals surface area contributed by atoms with Gasteiger partial charge in [0.1, 0.15) is 0 Å². The molecule has 0 saturated heterocycles. The van der Waals surface area contributed by atoms with Crippen LogP contribution in [-0.4, -0.2) is 10.7 Å². The van der Waals surface area contributed by atoms with Gasteiger partial charge in [0.2, 0.25) is 5.91 Å². The first-order chi connectivity index (χ1) is 7.04. The van der Waals surface area contributed by atoms with E-state index in [0.29, 0.717) is 0 Å². The number of nitrogens with one attached hydrogen (secondary N) is 1. The lowest BCUT2D eigenvalue weighted by molar-refractivity contribution is -0.115. The summed E-state index contributed by atoms with van der Waals surface area (Å²) in [6, 6.07) is 5.86. The van der Waals surface area contributed by atoms with E-state index < -0.39 is 0 Å². The van der Waals surface area contributed by atoms with E-state index in [1.54, 1.807) is 0 Å². The molecule has 0 aliphatic heterocycles. The third-order valence-electron chi connectivity index (χ3n) is 2.02. The van der Waals surface area contributed by atoms with E-state index in [2.05, 4.69) is 37.2 Å². The molecule has 0 saturated carbocycles. The molecular formula is C11H13Br2NO. The van der Waals surface area contributed by atoms with E-state index in [9.17, 15) is 4.79 Å². The predicted octanol–water partition coefficient (Wildman–Crippen LogP) is 3.87. The van der Waals surface area contributed by atoms with Crippen molar-refractivity contribution >= 4 is 43.5 Å². The Labute approximate surface area is 107 Å². The zero-order chi connectivity index (χ0) is 11.4. The molecule has 1 amide bonds. The second-order valence-electron chi connectivity index (χ2n) is 3.35. The topological polar surface area (TPSA) is 29.1 Å². The van der Waals surface area contributed by atoms with E-state index in [4.69, 9.17) is 0 Å². The molecule has 0 aliphatic rings. The molecule has 0 aliphatic carbocycles. The lowest BCUT2D eigenvalue weighted by atomic mass is 10.2. The van der Waals surface area contributed by atoms with Gasteiger partial charge in [-0.25, -0.2) is 0 Å². The largest absolute Gasteiger partial charge is 0.324 e. The van der Waals surface area contributed by atoms with Crippen molar-refractivity contribution in [3.8, 4) is 0 Å². The van der Waals surface area contributed by atoms with Crippen molar-refractivity contribution in [2.45, 2.75) is 25.1 Å². The van der Waals surface area contributed by atoms with Gasteiger partial charge in [-0.1, -0.05) is 28.9 Å². The Hall–Kier alpha value is -0.350. The third-order valence-corrected chi connectivity index (χ3v) is 3.78. The molecule has 2 nitrogen and oxygen atoms in total. The highest BCUT2D eigenvalue weighted by Crippen LogP contribution is 2.24. The number of hydrogen-bond acceptors (Lipinski definition) is 1. The lowest BCUT2D eigenvalue weighted by Crippen LogP contribution is -2.22. The van der Waals surface area contributed by atoms with Gasteiger partial charge < -0.3 is 5.32 Å². The number of carbonyl (C=O) groups is 1. The number of hydrogen-bond donors (Lipinski definition) is 1. The van der Waals surface area contributed by atoms with Crippen molar-refractivity contribution in [2.24, 2.45) is 0 Å². The van der Waals surface area contributed by atoms with Crippen LogP contribution in [0.15, 0.2) is 22.7 Å². The van der Waals surface area contributed by atoms with Gasteiger partial charge in [-0.15, -0.1) is 0 Å². The van der Waals surface area contributed by atoms with Crippen LogP contribution in [0, 0.1) is 6.92 Å². The summed E-state index contributed by atoms with van der Waals surface area (Å²) >= 11 is 6.72. The second-order valence-corrected chi connectivity index (χ2v) is 5.31. The Kier molecular flexibility index (Phi) is 4.80. The molecule has 0 spiro atoms. The number of rotatable bonds is 3. The van der Waals surface area contributed by atoms with Crippen molar-refractivity contribution in [1.29, 1.82) is 0 Å². The van der Waals surface area contributed by atoms with Crippen LogP contribution in [0.2, 0.25) is 0 Å². The Balaban J connectivity index is 2.80. The molecule has 1 aromatic carbocycles. The summed E-state index contributed by atoms with van der Waals surface area (Å²) < 4.78 is 0.900. The molecule has 15 heavy (non-hydrogen) atoms. The van der Waals surface area contributed by atoms with Crippen LogP contribution in [0.1, 0.15) is 18.9 Å². The van der Waals surface area contributed by atoms with E-state index in [1.807, 2.05) is 32.0 Å². The zero-order valence-electron chi connectivity index (χ0n) is 8.68. The maximum absolute atomic E-state index is 11.6. The molecule has 4 heteroatoms. The molecule has 1 N–H and O–H groups in total. The van der Waals surface area contributed by atoms with Crippen LogP contribution in [0.4, 0.5) is 5.69 Å². The van der Waals surface area contributed by atoms with Crippen LogP contribution in [0.25, 0.3) is 0 Å². The molecule has 0 bridgehead atoms. The van der Waals surface area contributed by atoms with Gasteiger partial charge in [0.05, 0.1) is 10.5 Å². The van der Waals surface area contributed by atoms with Gasteiger partial charge in [-0.05, 0) is 47.0 Å². The highest BCUT2D eigenvalue weighted by atomic mass is 79.9. The normalized spacial score (nSPS) is 12.3. The molecule has 0 fully saturated rings. The fourth-order valence-electron chi connectivity index (χ4n) is 1.13. The number of carbonyl (C=O) groups excluding carboxylic acids is 1. The van der Waals surface area contributed by atoms with Crippen molar-refractivity contribution in [2.75, 3.05) is 5.32 Å². The van der Waals surface area contributed by atoms with Gasteiger partial charge in [-0.2, -0.15) is 0 Å². The first kappa shape index (κ1) is 12.7. The third kappa shape index (κ3) is 3.61. The highest BCUT2D eigenvalue weighted by Gasteiger charge is 2.13. The molecule has 1 aromatic rings. The van der Waals surface area contributed by atoms with Gasteiger partial charge in [0, 0.05) is 4.47 Å². The predicted molar refractivity (Wildman–Crippen MR) is 70.5 cm³/mol. The molecular weight excluding hydrogens is 322 g/mol. The minimum atomic E-state index is -0.134. The van der Waals surface area contributed by atoms with Gasteiger partial charge in [-0.3, -0.25) is 4.79 Å². The summed E-state index contributed by atoms with van der Waals surface area (Å²) in [6.07, 6.45) is 0.773. The zero-order valence-corrected chi connectivity index (χ0v) is 11.9. The first-order valence-corrected chi connectivity index (χ1v) is 6.46.